The summed E-state index contributed by atoms with van der Waals surface area (Å²) in [5.74, 6) is 1.11. The Bertz CT molecular complexity index is 682. The Kier molecular flexibility index (Phi) is 4.02. The Morgan fingerprint density at radius 3 is 2.91 bits per heavy atom. The van der Waals surface area contributed by atoms with E-state index in [1.807, 2.05) is 37.4 Å². The Morgan fingerprint density at radius 1 is 1.36 bits per heavy atom. The van der Waals surface area contributed by atoms with Gasteiger partial charge in [-0.2, -0.15) is 4.98 Å². The Balaban J connectivity index is 1.89. The number of nitrogens with one attached hydrogen (secondary N) is 1. The molecule has 1 aromatic heterocycles. The molecule has 1 aromatic carbocycles. The first-order chi connectivity index (χ1) is 10.7. The highest BCUT2D eigenvalue weighted by atomic mass is 16.1. The van der Waals surface area contributed by atoms with Crippen LogP contribution >= 0.6 is 0 Å². The van der Waals surface area contributed by atoms with Crippen molar-refractivity contribution in [1.82, 2.24) is 15.3 Å². The molecule has 0 bridgehead atoms. The molecule has 1 saturated heterocycles. The molecule has 114 valence electrons. The third kappa shape index (κ3) is 2.92. The Hall–Kier alpha value is -2.47. The standard InChI is InChI=1S/C16H19N5O/c1-18-13-9-21(10-13)15-8-14(19-16(17)20-15)12-4-2-3-11(7-12)5-6-22/h2-4,6-8,13,18H,5,9-10H2,1H3,(H2,17,19,20). The lowest BCUT2D eigenvalue weighted by Crippen LogP contribution is -2.57. The normalized spacial score (nSPS) is 14.7. The minimum atomic E-state index is 0.265. The van der Waals surface area contributed by atoms with Crippen LogP contribution in [0.3, 0.4) is 0 Å². The lowest BCUT2D eigenvalue weighted by Gasteiger charge is -2.40. The van der Waals surface area contributed by atoms with E-state index in [1.54, 1.807) is 0 Å². The SMILES string of the molecule is CNC1CN(c2cc(-c3cccc(CC=O)c3)nc(N)n2)C1. The molecule has 6 heteroatoms. The second-order valence-corrected chi connectivity index (χ2v) is 5.43. The van der Waals surface area contributed by atoms with Gasteiger partial charge >= 0.3 is 0 Å². The topological polar surface area (TPSA) is 84.1 Å². The number of likely N-dealkylation sites (N-methyl/N-ethyl adjacent to an activating group) is 1. The number of hydrogen-bond donors (Lipinski definition) is 2. The van der Waals surface area contributed by atoms with Gasteiger partial charge in [0.15, 0.2) is 0 Å². The molecule has 0 atom stereocenters. The quantitative estimate of drug-likeness (QED) is 0.797. The summed E-state index contributed by atoms with van der Waals surface area (Å²) in [7, 11) is 1.96. The van der Waals surface area contributed by atoms with Gasteiger partial charge < -0.3 is 20.7 Å². The first kappa shape index (κ1) is 14.5. The fourth-order valence-electron chi connectivity index (χ4n) is 2.56. The number of aldehydes is 1. The fourth-order valence-corrected chi connectivity index (χ4v) is 2.56. The summed E-state index contributed by atoms with van der Waals surface area (Å²) in [6.45, 7) is 1.83. The van der Waals surface area contributed by atoms with Gasteiger partial charge in [-0.05, 0) is 18.7 Å². The Morgan fingerprint density at radius 2 is 2.18 bits per heavy atom. The smallest absolute Gasteiger partial charge is 0.222 e. The van der Waals surface area contributed by atoms with Crippen molar-refractivity contribution >= 4 is 18.1 Å². The molecule has 0 aliphatic carbocycles. The van der Waals surface area contributed by atoms with Gasteiger partial charge in [0.2, 0.25) is 5.95 Å². The van der Waals surface area contributed by atoms with Crippen molar-refractivity contribution in [3.63, 3.8) is 0 Å². The van der Waals surface area contributed by atoms with Crippen LogP contribution in [0.15, 0.2) is 30.3 Å². The van der Waals surface area contributed by atoms with Crippen LogP contribution < -0.4 is 16.0 Å². The number of nitrogens with zero attached hydrogens (tertiary/aromatic N) is 3. The number of hydrogen-bond acceptors (Lipinski definition) is 6. The monoisotopic (exact) mass is 297 g/mol. The second kappa shape index (κ2) is 6.11. The van der Waals surface area contributed by atoms with Crippen molar-refractivity contribution in [3.05, 3.63) is 35.9 Å². The summed E-state index contributed by atoms with van der Waals surface area (Å²) in [4.78, 5) is 21.5. The first-order valence-corrected chi connectivity index (χ1v) is 7.29. The average Bonchev–Trinajstić information content (AvgIpc) is 2.46. The Labute approximate surface area is 129 Å². The number of benzene rings is 1. The van der Waals surface area contributed by atoms with Crippen LogP contribution in [0.1, 0.15) is 5.56 Å². The summed E-state index contributed by atoms with van der Waals surface area (Å²) < 4.78 is 0. The van der Waals surface area contributed by atoms with Gasteiger partial charge in [-0.25, -0.2) is 4.98 Å². The van der Waals surface area contributed by atoms with Crippen molar-refractivity contribution < 1.29 is 4.79 Å². The molecule has 2 heterocycles. The van der Waals surface area contributed by atoms with Crippen LogP contribution in [-0.4, -0.2) is 42.4 Å². The molecule has 2 aromatic rings. The van der Waals surface area contributed by atoms with E-state index in [1.165, 1.54) is 0 Å². The molecular formula is C16H19N5O. The maximum atomic E-state index is 10.7. The number of nitrogens with two attached hydrogens (primary N) is 1. The van der Waals surface area contributed by atoms with Crippen LogP contribution in [0.4, 0.5) is 11.8 Å². The highest BCUT2D eigenvalue weighted by Crippen LogP contribution is 2.26. The number of nitrogen functional groups attached to an aromatic ring is 1. The van der Waals surface area contributed by atoms with Gasteiger partial charge in [-0.15, -0.1) is 0 Å². The van der Waals surface area contributed by atoms with Gasteiger partial charge in [-0.1, -0.05) is 18.2 Å². The molecule has 22 heavy (non-hydrogen) atoms. The highest BCUT2D eigenvalue weighted by molar-refractivity contribution is 5.67. The van der Waals surface area contributed by atoms with Crippen molar-refractivity contribution in [2.45, 2.75) is 12.5 Å². The van der Waals surface area contributed by atoms with E-state index in [9.17, 15) is 4.79 Å². The van der Waals surface area contributed by atoms with Crippen molar-refractivity contribution in [2.24, 2.45) is 0 Å². The third-order valence-corrected chi connectivity index (χ3v) is 3.89. The molecule has 6 nitrogen and oxygen atoms in total. The summed E-state index contributed by atoms with van der Waals surface area (Å²) in [6.07, 6.45) is 1.30. The van der Waals surface area contributed by atoms with Crippen LogP contribution in [0, 0.1) is 0 Å². The van der Waals surface area contributed by atoms with Crippen LogP contribution in [0.25, 0.3) is 11.3 Å². The van der Waals surface area contributed by atoms with E-state index in [2.05, 4.69) is 20.2 Å². The van der Waals surface area contributed by atoms with E-state index in [-0.39, 0.29) is 5.95 Å². The largest absolute Gasteiger partial charge is 0.368 e. The van der Waals surface area contributed by atoms with Crippen LogP contribution in [-0.2, 0) is 11.2 Å². The highest BCUT2D eigenvalue weighted by Gasteiger charge is 2.26. The molecule has 3 N–H and O–H groups in total. The van der Waals surface area contributed by atoms with Crippen molar-refractivity contribution in [1.29, 1.82) is 0 Å². The molecule has 1 fully saturated rings. The van der Waals surface area contributed by atoms with Crippen LogP contribution in [0.5, 0.6) is 0 Å². The number of carbonyl (C=O) groups excluding carboxylic acids is 1. The molecular weight excluding hydrogens is 278 g/mol. The van der Waals surface area contributed by atoms with E-state index >= 15 is 0 Å². The second-order valence-electron chi connectivity index (χ2n) is 5.43. The summed E-state index contributed by atoms with van der Waals surface area (Å²) in [5, 5.41) is 3.23. The molecule has 0 radical (unpaired) electrons. The van der Waals surface area contributed by atoms with Gasteiger partial charge in [0, 0.05) is 37.2 Å². The number of aromatic nitrogens is 2. The zero-order valence-corrected chi connectivity index (χ0v) is 12.5. The molecule has 1 aliphatic heterocycles. The van der Waals surface area contributed by atoms with Gasteiger partial charge in [0.05, 0.1) is 5.69 Å². The molecule has 0 amide bonds. The van der Waals surface area contributed by atoms with Crippen molar-refractivity contribution in [2.75, 3.05) is 30.8 Å². The van der Waals surface area contributed by atoms with Gasteiger partial charge in [0.25, 0.3) is 0 Å². The number of anilines is 2. The lowest BCUT2D eigenvalue weighted by molar-refractivity contribution is -0.107. The molecule has 0 saturated carbocycles. The average molecular weight is 297 g/mol. The van der Waals surface area contributed by atoms with Crippen molar-refractivity contribution in [3.8, 4) is 11.3 Å². The maximum absolute atomic E-state index is 10.7. The third-order valence-electron chi connectivity index (χ3n) is 3.89. The number of rotatable bonds is 5. The number of carbonyl (C=O) groups is 1. The van der Waals surface area contributed by atoms with E-state index in [0.29, 0.717) is 12.5 Å². The van der Waals surface area contributed by atoms with E-state index < -0.39 is 0 Å². The minimum absolute atomic E-state index is 0.265. The predicted molar refractivity (Wildman–Crippen MR) is 86.7 cm³/mol. The minimum Gasteiger partial charge on any atom is -0.368 e. The van der Waals surface area contributed by atoms with E-state index in [4.69, 9.17) is 5.73 Å². The lowest BCUT2D eigenvalue weighted by atomic mass is 10.1. The zero-order valence-electron chi connectivity index (χ0n) is 12.5. The molecule has 3 rings (SSSR count). The van der Waals surface area contributed by atoms with Crippen LogP contribution in [0.2, 0.25) is 0 Å². The van der Waals surface area contributed by atoms with E-state index in [0.717, 1.165) is 42.0 Å². The predicted octanol–water partition coefficient (Wildman–Crippen LogP) is 0.875. The van der Waals surface area contributed by atoms with Gasteiger partial charge in [-0.3, -0.25) is 0 Å². The van der Waals surface area contributed by atoms with Gasteiger partial charge in [0.1, 0.15) is 12.1 Å². The first-order valence-electron chi connectivity index (χ1n) is 7.29. The summed E-state index contributed by atoms with van der Waals surface area (Å²) in [5.41, 5.74) is 8.55. The zero-order chi connectivity index (χ0) is 15.5. The molecule has 0 spiro atoms. The molecule has 1 aliphatic rings. The maximum Gasteiger partial charge on any atom is 0.222 e. The summed E-state index contributed by atoms with van der Waals surface area (Å²) in [6, 6.07) is 10.2. The summed E-state index contributed by atoms with van der Waals surface area (Å²) >= 11 is 0. The fraction of sp³-hybridized carbons (Fsp3) is 0.312. The molecule has 0 unspecified atom stereocenters.